The van der Waals surface area contributed by atoms with Gasteiger partial charge in [0.2, 0.25) is 17.7 Å². The summed E-state index contributed by atoms with van der Waals surface area (Å²) >= 11 is 0. The molecule has 14 nitrogen and oxygen atoms in total. The second kappa shape index (κ2) is 17.6. The Bertz CT molecular complexity index is 2220. The molecule has 1 aromatic heterocycles. The standard InChI is InChI=1S/C44H48F3N9O5/c45-44(46,47)36-24-33(3-2-31(36)25-48)55-17-12-30(13-18-55)40(58)50-38-7-1-28(26-49-38)9-14-52-19-21-53(22-20-52)27-29-10-15-54(16-11-29)32-4-5-34-35(23-32)43(61)56(42(34)60)37-6-8-39(57)51-41(37)59/h1-5,7,23-24,26,29-30,37H,6,8-22,27H2,(H,49,50,58)(H,51,57,59). The number of carbonyl (C=O) groups excluding carboxylic acids is 5. The highest BCUT2D eigenvalue weighted by Crippen LogP contribution is 2.36. The minimum Gasteiger partial charge on any atom is -0.371 e. The van der Waals surface area contributed by atoms with Crippen molar-refractivity contribution in [1.82, 2.24) is 25.0 Å². The number of aromatic nitrogens is 1. The summed E-state index contributed by atoms with van der Waals surface area (Å²) in [5.41, 5.74) is 1.58. The SMILES string of the molecule is N#Cc1ccc(N2CCC(C(=O)Nc3ccc(CCN4CCN(CC5CCN(c6ccc7c(c6)C(=O)N(C6CCC(=O)NC6=O)C7=O)CC5)CC4)cn3)CC2)cc1C(F)(F)F. The monoisotopic (exact) mass is 839 g/mol. The molecule has 4 fully saturated rings. The number of rotatable bonds is 10. The van der Waals surface area contributed by atoms with E-state index in [0.29, 0.717) is 48.9 Å². The number of benzene rings is 2. The zero-order chi connectivity index (χ0) is 42.8. The van der Waals surface area contributed by atoms with Crippen molar-refractivity contribution in [3.05, 3.63) is 82.5 Å². The van der Waals surface area contributed by atoms with E-state index in [2.05, 4.69) is 30.3 Å². The van der Waals surface area contributed by atoms with Gasteiger partial charge in [-0.2, -0.15) is 18.4 Å². The molecule has 5 amide bonds. The van der Waals surface area contributed by atoms with Gasteiger partial charge in [-0.15, -0.1) is 0 Å². The van der Waals surface area contributed by atoms with Crippen LogP contribution in [0.5, 0.6) is 0 Å². The molecule has 5 aliphatic heterocycles. The van der Waals surface area contributed by atoms with E-state index < -0.39 is 47.0 Å². The number of piperazine rings is 1. The lowest BCUT2D eigenvalue weighted by Crippen LogP contribution is -2.54. The van der Waals surface area contributed by atoms with Crippen molar-refractivity contribution in [2.45, 2.75) is 57.2 Å². The second-order valence-electron chi connectivity index (χ2n) is 16.6. The number of nitriles is 1. The van der Waals surface area contributed by atoms with Crippen LogP contribution in [0.4, 0.5) is 30.4 Å². The Morgan fingerprint density at radius 3 is 2.11 bits per heavy atom. The molecule has 61 heavy (non-hydrogen) atoms. The number of piperidine rings is 3. The molecule has 4 saturated heterocycles. The molecule has 0 aliphatic carbocycles. The van der Waals surface area contributed by atoms with Gasteiger partial charge in [-0.05, 0) is 92.5 Å². The van der Waals surface area contributed by atoms with E-state index in [-0.39, 0.29) is 30.2 Å². The van der Waals surface area contributed by atoms with Crippen molar-refractivity contribution in [3.63, 3.8) is 0 Å². The van der Waals surface area contributed by atoms with E-state index in [9.17, 15) is 37.1 Å². The number of anilines is 3. The maximum atomic E-state index is 13.5. The Hall–Kier alpha value is -5.86. The number of amides is 5. The number of nitrogens with one attached hydrogen (secondary N) is 2. The van der Waals surface area contributed by atoms with Crippen LogP contribution >= 0.6 is 0 Å². The van der Waals surface area contributed by atoms with Crippen molar-refractivity contribution in [3.8, 4) is 6.07 Å². The number of nitrogens with zero attached hydrogens (tertiary/aromatic N) is 7. The van der Waals surface area contributed by atoms with E-state index in [0.717, 1.165) is 93.8 Å². The number of pyridine rings is 1. The zero-order valence-corrected chi connectivity index (χ0v) is 33.8. The Morgan fingerprint density at radius 2 is 1.46 bits per heavy atom. The molecule has 17 heteroatoms. The topological polar surface area (TPSA) is 162 Å². The number of alkyl halides is 3. The van der Waals surface area contributed by atoms with Gasteiger partial charge in [-0.1, -0.05) is 6.07 Å². The van der Waals surface area contributed by atoms with Crippen LogP contribution in [0.2, 0.25) is 0 Å². The molecule has 0 saturated carbocycles. The summed E-state index contributed by atoms with van der Waals surface area (Å²) in [4.78, 5) is 78.0. The van der Waals surface area contributed by atoms with E-state index in [4.69, 9.17) is 5.26 Å². The largest absolute Gasteiger partial charge is 0.417 e. The Kier molecular flexibility index (Phi) is 12.1. The summed E-state index contributed by atoms with van der Waals surface area (Å²) in [6.07, 6.45) is 1.22. The van der Waals surface area contributed by atoms with E-state index in [1.807, 2.05) is 23.1 Å². The van der Waals surface area contributed by atoms with Crippen molar-refractivity contribution in [1.29, 1.82) is 5.26 Å². The van der Waals surface area contributed by atoms with Gasteiger partial charge in [-0.25, -0.2) is 4.98 Å². The zero-order valence-electron chi connectivity index (χ0n) is 33.8. The van der Waals surface area contributed by atoms with Crippen LogP contribution in [0, 0.1) is 23.2 Å². The highest BCUT2D eigenvalue weighted by molar-refractivity contribution is 6.23. The first-order chi connectivity index (χ1) is 29.3. The van der Waals surface area contributed by atoms with Crippen LogP contribution in [0.3, 0.4) is 0 Å². The fourth-order valence-corrected chi connectivity index (χ4v) is 9.21. The molecular weight excluding hydrogens is 792 g/mol. The van der Waals surface area contributed by atoms with Crippen molar-refractivity contribution < 1.29 is 37.1 Å². The van der Waals surface area contributed by atoms with Gasteiger partial charge in [0.25, 0.3) is 11.8 Å². The highest BCUT2D eigenvalue weighted by atomic mass is 19.4. The Balaban J connectivity index is 0.728. The molecule has 6 heterocycles. The predicted molar refractivity (Wildman–Crippen MR) is 219 cm³/mol. The first-order valence-electron chi connectivity index (χ1n) is 21.0. The molecule has 320 valence electrons. The molecule has 1 atom stereocenters. The second-order valence-corrected chi connectivity index (χ2v) is 16.6. The van der Waals surface area contributed by atoms with Gasteiger partial charge in [0.1, 0.15) is 11.9 Å². The van der Waals surface area contributed by atoms with Gasteiger partial charge >= 0.3 is 6.18 Å². The fraction of sp³-hybridized carbons (Fsp3) is 0.477. The lowest BCUT2D eigenvalue weighted by atomic mass is 9.95. The number of hydrogen-bond acceptors (Lipinski definition) is 11. The summed E-state index contributed by atoms with van der Waals surface area (Å²) in [6.45, 7) is 8.42. The van der Waals surface area contributed by atoms with E-state index in [1.165, 1.54) is 12.1 Å². The highest BCUT2D eigenvalue weighted by Gasteiger charge is 2.45. The van der Waals surface area contributed by atoms with Crippen LogP contribution in [-0.2, 0) is 27.0 Å². The Morgan fingerprint density at radius 1 is 0.803 bits per heavy atom. The van der Waals surface area contributed by atoms with Crippen molar-refractivity contribution >= 4 is 46.7 Å². The third-order valence-electron chi connectivity index (χ3n) is 12.8. The van der Waals surface area contributed by atoms with E-state index >= 15 is 0 Å². The smallest absolute Gasteiger partial charge is 0.371 e. The van der Waals surface area contributed by atoms with Crippen LogP contribution in [0.25, 0.3) is 0 Å². The van der Waals surface area contributed by atoms with Crippen molar-refractivity contribution in [2.75, 3.05) is 80.6 Å². The van der Waals surface area contributed by atoms with Gasteiger partial charge < -0.3 is 24.9 Å². The molecular formula is C44H48F3N9O5. The molecule has 0 bridgehead atoms. The fourth-order valence-electron chi connectivity index (χ4n) is 9.21. The predicted octanol–water partition coefficient (Wildman–Crippen LogP) is 4.31. The normalized spacial score (nSPS) is 21.1. The van der Waals surface area contributed by atoms with Crippen LogP contribution in [0.15, 0.2) is 54.7 Å². The van der Waals surface area contributed by atoms with Crippen molar-refractivity contribution in [2.24, 2.45) is 11.8 Å². The number of fused-ring (bicyclic) bond motifs is 1. The minimum absolute atomic E-state index is 0.0839. The number of carbonyl (C=O) groups is 5. The molecule has 2 N–H and O–H groups in total. The number of halogens is 3. The average molecular weight is 840 g/mol. The van der Waals surface area contributed by atoms with Crippen LogP contribution in [0.1, 0.15) is 75.9 Å². The Labute approximate surface area is 351 Å². The summed E-state index contributed by atoms with van der Waals surface area (Å²) in [7, 11) is 0. The molecule has 0 spiro atoms. The third-order valence-corrected chi connectivity index (χ3v) is 12.8. The summed E-state index contributed by atoms with van der Waals surface area (Å²) in [5.74, 6) is -1.42. The van der Waals surface area contributed by atoms with Crippen LogP contribution < -0.4 is 20.4 Å². The van der Waals surface area contributed by atoms with Gasteiger partial charge in [0.15, 0.2) is 0 Å². The summed E-state index contributed by atoms with van der Waals surface area (Å²) < 4.78 is 40.4. The maximum Gasteiger partial charge on any atom is 0.417 e. The molecule has 5 aliphatic rings. The summed E-state index contributed by atoms with van der Waals surface area (Å²) in [5, 5.41) is 14.2. The average Bonchev–Trinajstić information content (AvgIpc) is 3.51. The summed E-state index contributed by atoms with van der Waals surface area (Å²) in [6, 6.07) is 13.5. The quantitative estimate of drug-likeness (QED) is 0.280. The molecule has 8 rings (SSSR count). The molecule has 3 aromatic rings. The van der Waals surface area contributed by atoms with E-state index in [1.54, 1.807) is 24.4 Å². The number of imide groups is 2. The maximum absolute atomic E-state index is 13.5. The lowest BCUT2D eigenvalue weighted by molar-refractivity contribution is -0.138. The lowest BCUT2D eigenvalue weighted by Gasteiger charge is -2.39. The van der Waals surface area contributed by atoms with Gasteiger partial charge in [0, 0.05) is 95.4 Å². The van der Waals surface area contributed by atoms with Crippen LogP contribution in [-0.4, -0.2) is 121 Å². The van der Waals surface area contributed by atoms with Gasteiger partial charge in [-0.3, -0.25) is 34.2 Å². The molecule has 2 aromatic carbocycles. The minimum atomic E-state index is -4.62. The molecule has 1 unspecified atom stereocenters. The first kappa shape index (κ1) is 41.9. The third kappa shape index (κ3) is 9.25. The first-order valence-corrected chi connectivity index (χ1v) is 21.0. The molecule has 0 radical (unpaired) electrons. The van der Waals surface area contributed by atoms with Gasteiger partial charge in [0.05, 0.1) is 28.3 Å². The number of hydrogen-bond donors (Lipinski definition) is 2.